The van der Waals surface area contributed by atoms with Gasteiger partial charge in [0.15, 0.2) is 0 Å². The van der Waals surface area contributed by atoms with Crippen LogP contribution in [0.4, 0.5) is 0 Å². The Labute approximate surface area is 152 Å². The minimum Gasteiger partial charge on any atom is -0.423 e. The molecule has 2 aromatic rings. The highest BCUT2D eigenvalue weighted by Crippen LogP contribution is 2.16. The van der Waals surface area contributed by atoms with Crippen LogP contribution in [0.3, 0.4) is 0 Å². The van der Waals surface area contributed by atoms with Gasteiger partial charge in [-0.15, -0.1) is 0 Å². The maximum absolute atomic E-state index is 12.9. The van der Waals surface area contributed by atoms with E-state index in [1.807, 2.05) is 26.0 Å². The molecular weight excluding hydrogens is 326 g/mol. The van der Waals surface area contributed by atoms with Crippen LogP contribution in [0.5, 0.6) is 5.75 Å². The Balaban J connectivity index is 2.65. The summed E-state index contributed by atoms with van der Waals surface area (Å²) < 4.78 is 5.52. The third-order valence-electron chi connectivity index (χ3n) is 3.85. The number of aldehydes is 1. The molecule has 0 radical (unpaired) electrons. The Hall–Kier alpha value is -3.27. The number of benzene rings is 1. The Bertz CT molecular complexity index is 970. The quantitative estimate of drug-likeness (QED) is 0.457. The maximum Gasteiger partial charge on any atom is 0.344 e. The highest BCUT2D eigenvalue weighted by Gasteiger charge is 2.18. The summed E-state index contributed by atoms with van der Waals surface area (Å²) in [6.07, 6.45) is 8.47. The van der Waals surface area contributed by atoms with E-state index in [0.717, 1.165) is 12.7 Å². The first-order chi connectivity index (χ1) is 12.6. The zero-order valence-corrected chi connectivity index (χ0v) is 15.0. The second-order valence-electron chi connectivity index (χ2n) is 5.47. The Kier molecular flexibility index (Phi) is 6.39. The largest absolute Gasteiger partial charge is 0.423 e. The molecule has 0 bridgehead atoms. The molecule has 4 nitrogen and oxygen atoms in total. The van der Waals surface area contributed by atoms with Crippen LogP contribution in [0.2, 0.25) is 0 Å². The zero-order chi connectivity index (χ0) is 19.1. The second kappa shape index (κ2) is 8.72. The van der Waals surface area contributed by atoms with Crippen molar-refractivity contribution in [2.24, 2.45) is 0 Å². The summed E-state index contributed by atoms with van der Waals surface area (Å²) in [5, 5.41) is 1.40. The molecule has 0 saturated heterocycles. The zero-order valence-electron chi connectivity index (χ0n) is 15.0. The summed E-state index contributed by atoms with van der Waals surface area (Å²) in [5.74, 6) is -0.154. The Morgan fingerprint density at radius 1 is 1.19 bits per heavy atom. The Morgan fingerprint density at radius 2 is 1.88 bits per heavy atom. The van der Waals surface area contributed by atoms with Crippen LogP contribution in [0, 0.1) is 0 Å². The van der Waals surface area contributed by atoms with Gasteiger partial charge in [0, 0.05) is 16.3 Å². The number of ether oxygens (including phenoxy) is 1. The van der Waals surface area contributed by atoms with E-state index >= 15 is 0 Å². The average molecular weight is 347 g/mol. The number of aromatic nitrogens is 1. The molecule has 0 unspecified atom stereocenters. The molecule has 4 heteroatoms. The topological polar surface area (TPSA) is 56.3 Å². The molecule has 132 valence electrons. The van der Waals surface area contributed by atoms with E-state index in [-0.39, 0.29) is 0 Å². The fraction of sp³-hybridized carbons (Fsp3) is 0.136. The number of hydrogen-bond donors (Lipinski definition) is 0. The summed E-state index contributed by atoms with van der Waals surface area (Å²) in [5.41, 5.74) is 2.06. The normalized spacial score (nSPS) is 11.9. The van der Waals surface area contributed by atoms with Crippen molar-refractivity contribution in [1.29, 1.82) is 0 Å². The molecule has 26 heavy (non-hydrogen) atoms. The van der Waals surface area contributed by atoms with E-state index in [9.17, 15) is 9.59 Å². The summed E-state index contributed by atoms with van der Waals surface area (Å²) in [7, 11) is 0. The van der Waals surface area contributed by atoms with E-state index < -0.39 is 5.97 Å². The summed E-state index contributed by atoms with van der Waals surface area (Å²) in [4.78, 5) is 28.2. The summed E-state index contributed by atoms with van der Waals surface area (Å²) in [6, 6.07) is 6.35. The van der Waals surface area contributed by atoms with Crippen LogP contribution < -0.4 is 15.3 Å². The van der Waals surface area contributed by atoms with Gasteiger partial charge in [0.05, 0.1) is 16.6 Å². The third-order valence-corrected chi connectivity index (χ3v) is 3.85. The van der Waals surface area contributed by atoms with Crippen molar-refractivity contribution in [2.75, 3.05) is 0 Å². The van der Waals surface area contributed by atoms with Crippen molar-refractivity contribution in [2.45, 2.75) is 20.3 Å². The van der Waals surface area contributed by atoms with Gasteiger partial charge in [0.25, 0.3) is 0 Å². The van der Waals surface area contributed by atoms with Gasteiger partial charge in [0.2, 0.25) is 0 Å². The molecule has 0 aliphatic heterocycles. The first-order valence-corrected chi connectivity index (χ1v) is 8.32. The molecule has 0 spiro atoms. The average Bonchev–Trinajstić information content (AvgIpc) is 2.67. The SMILES string of the molecule is C=Cc1nc(=C/CC)/c(=C\C)c(C(=O)Oc2ccc(C=O)cc2)c1C=C. The van der Waals surface area contributed by atoms with E-state index in [2.05, 4.69) is 18.1 Å². The van der Waals surface area contributed by atoms with Gasteiger partial charge >= 0.3 is 5.97 Å². The monoisotopic (exact) mass is 347 g/mol. The molecule has 0 amide bonds. The van der Waals surface area contributed by atoms with Crippen LogP contribution in [0.15, 0.2) is 37.4 Å². The number of rotatable bonds is 6. The van der Waals surface area contributed by atoms with E-state index in [1.165, 1.54) is 0 Å². The molecule has 0 fully saturated rings. The fourth-order valence-electron chi connectivity index (χ4n) is 2.65. The van der Waals surface area contributed by atoms with Crippen molar-refractivity contribution in [3.63, 3.8) is 0 Å². The number of esters is 1. The fourth-order valence-corrected chi connectivity index (χ4v) is 2.65. The van der Waals surface area contributed by atoms with Crippen LogP contribution >= 0.6 is 0 Å². The van der Waals surface area contributed by atoms with Crippen molar-refractivity contribution < 1.29 is 14.3 Å². The highest BCUT2D eigenvalue weighted by molar-refractivity contribution is 5.96. The molecule has 1 heterocycles. The van der Waals surface area contributed by atoms with Crippen LogP contribution in [0.1, 0.15) is 52.2 Å². The lowest BCUT2D eigenvalue weighted by molar-refractivity contribution is 0.0733. The molecule has 0 aliphatic carbocycles. The van der Waals surface area contributed by atoms with Gasteiger partial charge < -0.3 is 4.74 Å². The van der Waals surface area contributed by atoms with Gasteiger partial charge in [-0.2, -0.15) is 0 Å². The van der Waals surface area contributed by atoms with Gasteiger partial charge in [-0.25, -0.2) is 9.78 Å². The van der Waals surface area contributed by atoms with E-state index in [0.29, 0.717) is 38.7 Å². The molecule has 1 aromatic carbocycles. The number of carbonyl (C=O) groups is 2. The third kappa shape index (κ3) is 3.86. The summed E-state index contributed by atoms with van der Waals surface area (Å²) >= 11 is 0. The number of nitrogens with zero attached hydrogens (tertiary/aromatic N) is 1. The van der Waals surface area contributed by atoms with Crippen molar-refractivity contribution >= 4 is 36.6 Å². The molecule has 2 rings (SSSR count). The number of carbonyl (C=O) groups excluding carboxylic acids is 2. The minimum atomic E-state index is -0.511. The standard InChI is InChI=1S/C22H21NO3/c1-5-9-20-18(7-3)21(17(6-2)19(8-4)23-20)22(25)26-16-12-10-15(14-24)11-13-16/h6-14H,2,4-5H2,1,3H3/b18-7+,20-9+. The van der Waals surface area contributed by atoms with Crippen molar-refractivity contribution in [3.8, 4) is 5.75 Å². The van der Waals surface area contributed by atoms with E-state index in [1.54, 1.807) is 36.4 Å². The van der Waals surface area contributed by atoms with Crippen LogP contribution in [-0.4, -0.2) is 17.2 Å². The molecule has 0 saturated carbocycles. The van der Waals surface area contributed by atoms with Gasteiger partial charge in [-0.1, -0.05) is 38.3 Å². The number of pyridine rings is 1. The summed E-state index contributed by atoms with van der Waals surface area (Å²) in [6.45, 7) is 11.4. The lowest BCUT2D eigenvalue weighted by atomic mass is 10.0. The molecule has 0 N–H and O–H groups in total. The van der Waals surface area contributed by atoms with Gasteiger partial charge in [0.1, 0.15) is 12.0 Å². The maximum atomic E-state index is 12.9. The van der Waals surface area contributed by atoms with Crippen LogP contribution in [-0.2, 0) is 0 Å². The molecule has 0 atom stereocenters. The predicted octanol–water partition coefficient (Wildman–Crippen LogP) is 3.39. The lowest BCUT2D eigenvalue weighted by Crippen LogP contribution is -2.37. The van der Waals surface area contributed by atoms with E-state index in [4.69, 9.17) is 4.74 Å². The predicted molar refractivity (Wildman–Crippen MR) is 105 cm³/mol. The highest BCUT2D eigenvalue weighted by atomic mass is 16.5. The molecule has 1 aromatic heterocycles. The smallest absolute Gasteiger partial charge is 0.344 e. The first-order valence-electron chi connectivity index (χ1n) is 8.32. The first kappa shape index (κ1) is 19.1. The number of hydrogen-bond acceptors (Lipinski definition) is 4. The lowest BCUT2D eigenvalue weighted by Gasteiger charge is -2.11. The van der Waals surface area contributed by atoms with Crippen molar-refractivity contribution in [3.05, 3.63) is 70.4 Å². The van der Waals surface area contributed by atoms with Crippen LogP contribution in [0.25, 0.3) is 24.3 Å². The van der Waals surface area contributed by atoms with Gasteiger partial charge in [-0.3, -0.25) is 4.79 Å². The second-order valence-corrected chi connectivity index (χ2v) is 5.47. The van der Waals surface area contributed by atoms with Gasteiger partial charge in [-0.05, 0) is 43.7 Å². The molecule has 0 aliphatic rings. The van der Waals surface area contributed by atoms with Crippen molar-refractivity contribution in [1.82, 2.24) is 4.98 Å². The Morgan fingerprint density at radius 3 is 2.38 bits per heavy atom. The molecular formula is C22H21NO3. The minimum absolute atomic E-state index is 0.357.